The van der Waals surface area contributed by atoms with Crippen LogP contribution in [-0.4, -0.2) is 56.6 Å². The first-order chi connectivity index (χ1) is 10.6. The monoisotopic (exact) mass is 319 g/mol. The van der Waals surface area contributed by atoms with Crippen molar-refractivity contribution < 1.29 is 14.4 Å². The van der Waals surface area contributed by atoms with Gasteiger partial charge in [0, 0.05) is 26.3 Å². The number of aliphatic imine (C=N–C) groups is 1. The highest BCUT2D eigenvalue weighted by molar-refractivity contribution is 8.04. The molecule has 0 bridgehead atoms. The fourth-order valence-corrected chi connectivity index (χ4v) is 3.10. The maximum absolute atomic E-state index is 12.2. The van der Waals surface area contributed by atoms with Crippen molar-refractivity contribution in [2.24, 2.45) is 12.0 Å². The smallest absolute Gasteiger partial charge is 0.349 e. The fourth-order valence-electron chi connectivity index (χ4n) is 2.21. The number of urea groups is 1. The van der Waals surface area contributed by atoms with Gasteiger partial charge in [0.15, 0.2) is 0 Å². The lowest BCUT2D eigenvalue weighted by Gasteiger charge is -2.25. The van der Waals surface area contributed by atoms with Gasteiger partial charge >= 0.3 is 6.03 Å². The third-order valence-electron chi connectivity index (χ3n) is 3.34. The highest BCUT2D eigenvalue weighted by Gasteiger charge is 2.38. The first-order valence-electron chi connectivity index (χ1n) is 6.60. The van der Waals surface area contributed by atoms with E-state index >= 15 is 0 Å². The van der Waals surface area contributed by atoms with Crippen LogP contribution in [0, 0.1) is 0 Å². The third-order valence-corrected chi connectivity index (χ3v) is 4.35. The van der Waals surface area contributed by atoms with Crippen molar-refractivity contribution in [2.45, 2.75) is 5.25 Å². The molecule has 2 aliphatic heterocycles. The van der Waals surface area contributed by atoms with Crippen LogP contribution in [0.25, 0.3) is 0 Å². The van der Waals surface area contributed by atoms with E-state index in [2.05, 4.69) is 15.4 Å². The van der Waals surface area contributed by atoms with E-state index in [0.717, 1.165) is 4.90 Å². The number of hydrogen-bond acceptors (Lipinski definition) is 5. The highest BCUT2D eigenvalue weighted by atomic mass is 32.2. The third kappa shape index (κ3) is 2.54. The SMILES string of the molecule is Cn1nccc1C(=O)NCCN1C(=O)N=C2C=CSC2C1=O. The summed E-state index contributed by atoms with van der Waals surface area (Å²) in [5, 5.41) is 7.88. The number of fused-ring (bicyclic) bond motifs is 1. The van der Waals surface area contributed by atoms with Crippen molar-refractivity contribution in [3.8, 4) is 0 Å². The van der Waals surface area contributed by atoms with Crippen LogP contribution in [0.5, 0.6) is 0 Å². The van der Waals surface area contributed by atoms with Crippen molar-refractivity contribution in [2.75, 3.05) is 13.1 Å². The van der Waals surface area contributed by atoms with Crippen LogP contribution in [0.15, 0.2) is 28.7 Å². The Bertz CT molecular complexity index is 708. The normalized spacial score (nSPS) is 20.1. The number of aryl methyl sites for hydroxylation is 1. The Labute approximate surface area is 130 Å². The van der Waals surface area contributed by atoms with Crippen LogP contribution in [0.2, 0.25) is 0 Å². The van der Waals surface area contributed by atoms with E-state index in [1.165, 1.54) is 22.6 Å². The van der Waals surface area contributed by atoms with Crippen molar-refractivity contribution in [1.29, 1.82) is 0 Å². The lowest BCUT2D eigenvalue weighted by Crippen LogP contribution is -2.49. The first kappa shape index (κ1) is 14.5. The molecule has 9 heteroatoms. The number of allylic oxidation sites excluding steroid dienone is 1. The van der Waals surface area contributed by atoms with Gasteiger partial charge < -0.3 is 5.32 Å². The number of nitrogens with zero attached hydrogens (tertiary/aromatic N) is 4. The number of imide groups is 1. The number of amides is 4. The maximum atomic E-state index is 12.2. The molecule has 3 rings (SSSR count). The molecule has 1 aromatic heterocycles. The number of rotatable bonds is 4. The molecule has 2 aliphatic rings. The Balaban J connectivity index is 1.58. The molecule has 0 aliphatic carbocycles. The summed E-state index contributed by atoms with van der Waals surface area (Å²) in [5.74, 6) is -0.599. The van der Waals surface area contributed by atoms with Crippen LogP contribution in [0.1, 0.15) is 10.5 Å². The Morgan fingerprint density at radius 3 is 3.00 bits per heavy atom. The Kier molecular flexibility index (Phi) is 3.80. The summed E-state index contributed by atoms with van der Waals surface area (Å²) in [5.41, 5.74) is 0.905. The molecular formula is C13H13N5O3S. The minimum Gasteiger partial charge on any atom is -0.349 e. The average molecular weight is 319 g/mol. The highest BCUT2D eigenvalue weighted by Crippen LogP contribution is 2.27. The molecule has 1 atom stereocenters. The van der Waals surface area contributed by atoms with Gasteiger partial charge in [-0.05, 0) is 17.6 Å². The molecule has 3 heterocycles. The summed E-state index contributed by atoms with van der Waals surface area (Å²) in [7, 11) is 1.66. The standard InChI is InChI=1S/C13H13N5O3S/c1-17-9(2-4-15-17)11(19)14-5-6-18-12(20)10-8(3-7-22-10)16-13(18)21/h2-4,7,10H,5-6H2,1H3,(H,14,19). The van der Waals surface area contributed by atoms with E-state index in [4.69, 9.17) is 0 Å². The molecule has 22 heavy (non-hydrogen) atoms. The molecule has 0 saturated carbocycles. The van der Waals surface area contributed by atoms with Crippen molar-refractivity contribution in [3.63, 3.8) is 0 Å². The summed E-state index contributed by atoms with van der Waals surface area (Å²) in [4.78, 5) is 40.9. The maximum Gasteiger partial charge on any atom is 0.350 e. The minimum atomic E-state index is -0.585. The Morgan fingerprint density at radius 1 is 1.45 bits per heavy atom. The summed E-state index contributed by atoms with van der Waals surface area (Å²) >= 11 is 1.33. The number of carbonyl (C=O) groups is 3. The van der Waals surface area contributed by atoms with Crippen molar-refractivity contribution in [1.82, 2.24) is 20.0 Å². The molecule has 0 aromatic carbocycles. The molecule has 114 valence electrons. The number of nitrogens with one attached hydrogen (secondary N) is 1. The van der Waals surface area contributed by atoms with Crippen molar-refractivity contribution in [3.05, 3.63) is 29.4 Å². The summed E-state index contributed by atoms with van der Waals surface area (Å²) in [6.45, 7) is 0.256. The molecule has 1 N–H and O–H groups in total. The largest absolute Gasteiger partial charge is 0.350 e. The van der Waals surface area contributed by atoms with Gasteiger partial charge in [-0.15, -0.1) is 11.8 Å². The van der Waals surface area contributed by atoms with Crippen LogP contribution >= 0.6 is 11.8 Å². The van der Waals surface area contributed by atoms with Crippen LogP contribution < -0.4 is 5.32 Å². The second-order valence-electron chi connectivity index (χ2n) is 4.72. The lowest BCUT2D eigenvalue weighted by atomic mass is 10.2. The van der Waals surface area contributed by atoms with Gasteiger partial charge in [0.05, 0.1) is 5.71 Å². The number of thioether (sulfide) groups is 1. The van der Waals surface area contributed by atoms with Gasteiger partial charge in [0.25, 0.3) is 5.91 Å². The first-order valence-corrected chi connectivity index (χ1v) is 7.54. The predicted octanol–water partition coefficient (Wildman–Crippen LogP) is 0.182. The van der Waals surface area contributed by atoms with E-state index in [-0.39, 0.29) is 24.9 Å². The van der Waals surface area contributed by atoms with E-state index < -0.39 is 11.3 Å². The number of aromatic nitrogens is 2. The van der Waals surface area contributed by atoms with Gasteiger partial charge in [-0.3, -0.25) is 19.2 Å². The molecule has 8 nitrogen and oxygen atoms in total. The Morgan fingerprint density at radius 2 is 2.27 bits per heavy atom. The lowest BCUT2D eigenvalue weighted by molar-refractivity contribution is -0.126. The van der Waals surface area contributed by atoms with E-state index in [0.29, 0.717) is 11.4 Å². The molecule has 1 unspecified atom stereocenters. The summed E-state index contributed by atoms with van der Waals surface area (Å²) < 4.78 is 1.45. The topological polar surface area (TPSA) is 96.7 Å². The minimum absolute atomic E-state index is 0.0924. The van der Waals surface area contributed by atoms with E-state index in [1.54, 1.807) is 24.6 Å². The summed E-state index contributed by atoms with van der Waals surface area (Å²) in [6.07, 6.45) is 3.19. The van der Waals surface area contributed by atoms with Crippen LogP contribution in [0.3, 0.4) is 0 Å². The molecule has 1 aromatic rings. The van der Waals surface area contributed by atoms with Gasteiger partial charge in [-0.1, -0.05) is 0 Å². The zero-order valence-corrected chi connectivity index (χ0v) is 12.5. The van der Waals surface area contributed by atoms with E-state index in [9.17, 15) is 14.4 Å². The molecule has 0 radical (unpaired) electrons. The average Bonchev–Trinajstić information content (AvgIpc) is 3.10. The molecular weight excluding hydrogens is 306 g/mol. The molecule has 0 spiro atoms. The predicted molar refractivity (Wildman–Crippen MR) is 80.6 cm³/mol. The molecule has 4 amide bonds. The van der Waals surface area contributed by atoms with Crippen molar-refractivity contribution >= 4 is 35.3 Å². The quantitative estimate of drug-likeness (QED) is 0.854. The molecule has 0 saturated heterocycles. The van der Waals surface area contributed by atoms with Gasteiger partial charge in [-0.25, -0.2) is 4.79 Å². The summed E-state index contributed by atoms with van der Waals surface area (Å²) in [6, 6.07) is 1.00. The fraction of sp³-hybridized carbons (Fsp3) is 0.308. The zero-order chi connectivity index (χ0) is 15.7. The number of hydrogen-bond donors (Lipinski definition) is 1. The second-order valence-corrected chi connectivity index (χ2v) is 5.74. The van der Waals surface area contributed by atoms with Gasteiger partial charge in [0.1, 0.15) is 10.9 Å². The second kappa shape index (κ2) is 5.76. The van der Waals surface area contributed by atoms with Gasteiger partial charge in [-0.2, -0.15) is 10.1 Å². The zero-order valence-electron chi connectivity index (χ0n) is 11.7. The van der Waals surface area contributed by atoms with E-state index in [1.807, 2.05) is 0 Å². The Hall–Kier alpha value is -2.42. The van der Waals surface area contributed by atoms with Crippen LogP contribution in [-0.2, 0) is 11.8 Å². The molecule has 0 fully saturated rings. The number of carbonyl (C=O) groups excluding carboxylic acids is 3. The van der Waals surface area contributed by atoms with Crippen LogP contribution in [0.4, 0.5) is 4.79 Å². The van der Waals surface area contributed by atoms with Gasteiger partial charge in [0.2, 0.25) is 5.91 Å².